The Balaban J connectivity index is 3.21. The second kappa shape index (κ2) is 4.38. The third-order valence-electron chi connectivity index (χ3n) is 2.78. The van der Waals surface area contributed by atoms with E-state index in [2.05, 4.69) is 0 Å². The Kier molecular flexibility index (Phi) is 3.64. The van der Waals surface area contributed by atoms with E-state index in [1.165, 1.54) is 32.0 Å². The zero-order valence-electron chi connectivity index (χ0n) is 9.35. The van der Waals surface area contributed by atoms with Gasteiger partial charge in [0.05, 0.1) is 0 Å². The van der Waals surface area contributed by atoms with Gasteiger partial charge in [-0.1, -0.05) is 31.5 Å². The number of benzene rings is 1. The van der Waals surface area contributed by atoms with Crippen LogP contribution in [0.15, 0.2) is 18.2 Å². The van der Waals surface area contributed by atoms with Crippen molar-refractivity contribution in [2.45, 2.75) is 31.5 Å². The van der Waals surface area contributed by atoms with Gasteiger partial charge in [0.25, 0.3) is 0 Å². The number of hydrogen-bond donors (Lipinski definition) is 2. The summed E-state index contributed by atoms with van der Waals surface area (Å²) in [4.78, 5) is 0. The van der Waals surface area contributed by atoms with Gasteiger partial charge in [0.2, 0.25) is 0 Å². The second-order valence-corrected chi connectivity index (χ2v) is 4.84. The molecule has 0 fully saturated rings. The maximum Gasteiger partial charge on any atom is 0.404 e. The van der Waals surface area contributed by atoms with Gasteiger partial charge in [-0.2, -0.15) is 13.2 Å². The number of halogens is 4. The van der Waals surface area contributed by atoms with Crippen molar-refractivity contribution in [2.24, 2.45) is 5.73 Å². The molecule has 2 nitrogen and oxygen atoms in total. The van der Waals surface area contributed by atoms with Crippen LogP contribution >= 0.6 is 11.6 Å². The zero-order valence-corrected chi connectivity index (χ0v) is 10.1. The highest BCUT2D eigenvalue weighted by atomic mass is 35.5. The fourth-order valence-corrected chi connectivity index (χ4v) is 1.79. The molecule has 0 aliphatic carbocycles. The number of nitrogens with two attached hydrogens (primary N) is 1. The summed E-state index contributed by atoms with van der Waals surface area (Å²) in [7, 11) is 0. The fourth-order valence-electron chi connectivity index (χ4n) is 1.63. The summed E-state index contributed by atoms with van der Waals surface area (Å²) in [5.41, 5.74) is 3.88. The van der Waals surface area contributed by atoms with Crippen LogP contribution in [0.5, 0.6) is 5.75 Å². The lowest BCUT2D eigenvalue weighted by Gasteiger charge is -2.33. The van der Waals surface area contributed by atoms with Crippen LogP contribution in [0.1, 0.15) is 19.4 Å². The molecule has 0 spiro atoms. The summed E-state index contributed by atoms with van der Waals surface area (Å²) in [5.74, 6) is -0.290. The zero-order chi connectivity index (χ0) is 13.4. The molecule has 1 aromatic carbocycles. The fraction of sp³-hybridized carbons (Fsp3) is 0.455. The summed E-state index contributed by atoms with van der Waals surface area (Å²) >= 11 is 5.62. The van der Waals surface area contributed by atoms with Gasteiger partial charge in [0.1, 0.15) is 11.8 Å². The van der Waals surface area contributed by atoms with Gasteiger partial charge in [0.15, 0.2) is 0 Å². The first-order valence-electron chi connectivity index (χ1n) is 4.88. The molecule has 1 atom stereocenters. The van der Waals surface area contributed by atoms with Crippen LogP contribution < -0.4 is 5.73 Å². The first-order chi connectivity index (χ1) is 7.56. The average Bonchev–Trinajstić information content (AvgIpc) is 2.14. The molecule has 0 saturated heterocycles. The summed E-state index contributed by atoms with van der Waals surface area (Å²) in [6.45, 7) is 2.65. The molecular weight excluding hydrogens is 255 g/mol. The maximum atomic E-state index is 12.6. The lowest BCUT2D eigenvalue weighted by atomic mass is 9.77. The lowest BCUT2D eigenvalue weighted by Crippen LogP contribution is -2.51. The van der Waals surface area contributed by atoms with Crippen LogP contribution in [0.25, 0.3) is 0 Å². The molecule has 0 aliphatic heterocycles. The molecule has 1 aromatic rings. The largest absolute Gasteiger partial charge is 0.508 e. The normalized spacial score (nSPS) is 14.8. The van der Waals surface area contributed by atoms with E-state index < -0.39 is 17.6 Å². The van der Waals surface area contributed by atoms with Crippen molar-refractivity contribution in [1.29, 1.82) is 0 Å². The van der Waals surface area contributed by atoms with Crippen molar-refractivity contribution in [3.05, 3.63) is 28.8 Å². The first kappa shape index (κ1) is 14.1. The van der Waals surface area contributed by atoms with Gasteiger partial charge >= 0.3 is 6.18 Å². The number of aromatic hydroxyl groups is 1. The molecule has 17 heavy (non-hydrogen) atoms. The Hall–Kier alpha value is -0.940. The van der Waals surface area contributed by atoms with E-state index in [1.807, 2.05) is 0 Å². The lowest BCUT2D eigenvalue weighted by molar-refractivity contribution is -0.160. The quantitative estimate of drug-likeness (QED) is 0.864. The Labute approximate surface area is 102 Å². The van der Waals surface area contributed by atoms with E-state index in [9.17, 15) is 18.3 Å². The number of hydrogen-bond acceptors (Lipinski definition) is 2. The standard InChI is InChI=1S/C11H13ClF3NO/c1-10(2,9(16)11(13,14)15)7-4-3-6(12)5-8(7)17/h3-5,9,17H,16H2,1-2H3. The highest BCUT2D eigenvalue weighted by Gasteiger charge is 2.48. The highest BCUT2D eigenvalue weighted by Crippen LogP contribution is 2.39. The van der Waals surface area contributed by atoms with Crippen molar-refractivity contribution in [2.75, 3.05) is 0 Å². The maximum absolute atomic E-state index is 12.6. The molecule has 0 bridgehead atoms. The predicted octanol–water partition coefficient (Wildman–Crippen LogP) is 3.21. The van der Waals surface area contributed by atoms with Crippen LogP contribution in [0.3, 0.4) is 0 Å². The van der Waals surface area contributed by atoms with Gasteiger partial charge in [0, 0.05) is 16.0 Å². The third-order valence-corrected chi connectivity index (χ3v) is 3.02. The average molecular weight is 268 g/mol. The third kappa shape index (κ3) is 2.84. The molecule has 0 saturated carbocycles. The van der Waals surface area contributed by atoms with Gasteiger partial charge in [-0.15, -0.1) is 0 Å². The summed E-state index contributed by atoms with van der Waals surface area (Å²) < 4.78 is 37.8. The molecule has 3 N–H and O–H groups in total. The minimum Gasteiger partial charge on any atom is -0.508 e. The second-order valence-electron chi connectivity index (χ2n) is 4.40. The molecule has 96 valence electrons. The van der Waals surface area contributed by atoms with Crippen molar-refractivity contribution in [1.82, 2.24) is 0 Å². The van der Waals surface area contributed by atoms with Gasteiger partial charge in [-0.3, -0.25) is 0 Å². The first-order valence-corrected chi connectivity index (χ1v) is 5.26. The van der Waals surface area contributed by atoms with E-state index in [4.69, 9.17) is 17.3 Å². The molecular formula is C11H13ClF3NO. The molecule has 0 amide bonds. The predicted molar refractivity (Wildman–Crippen MR) is 60.2 cm³/mol. The monoisotopic (exact) mass is 267 g/mol. The van der Waals surface area contributed by atoms with Crippen molar-refractivity contribution < 1.29 is 18.3 Å². The van der Waals surface area contributed by atoms with Crippen LogP contribution in [0, 0.1) is 0 Å². The number of phenolic OH excluding ortho intramolecular Hbond substituents is 1. The Morgan fingerprint density at radius 1 is 1.29 bits per heavy atom. The number of rotatable bonds is 2. The topological polar surface area (TPSA) is 46.2 Å². The number of phenols is 1. The van der Waals surface area contributed by atoms with E-state index >= 15 is 0 Å². The summed E-state index contributed by atoms with van der Waals surface area (Å²) in [5, 5.41) is 9.89. The van der Waals surface area contributed by atoms with Gasteiger partial charge in [-0.25, -0.2) is 0 Å². The smallest absolute Gasteiger partial charge is 0.404 e. The summed E-state index contributed by atoms with van der Waals surface area (Å²) in [6.07, 6.45) is -4.53. The Morgan fingerprint density at radius 3 is 2.24 bits per heavy atom. The van der Waals surface area contributed by atoms with E-state index in [0.29, 0.717) is 0 Å². The van der Waals surface area contributed by atoms with Crippen LogP contribution in [-0.2, 0) is 5.41 Å². The molecule has 0 aliphatic rings. The highest BCUT2D eigenvalue weighted by molar-refractivity contribution is 6.30. The van der Waals surface area contributed by atoms with Crippen LogP contribution in [-0.4, -0.2) is 17.3 Å². The number of alkyl halides is 3. The molecule has 0 radical (unpaired) electrons. The minimum absolute atomic E-state index is 0.117. The van der Waals surface area contributed by atoms with Gasteiger partial charge in [-0.05, 0) is 12.1 Å². The molecule has 1 unspecified atom stereocenters. The molecule has 1 rings (SSSR count). The van der Waals surface area contributed by atoms with E-state index in [-0.39, 0.29) is 16.3 Å². The minimum atomic E-state index is -4.53. The van der Waals surface area contributed by atoms with Crippen molar-refractivity contribution in [3.63, 3.8) is 0 Å². The summed E-state index contributed by atoms with van der Waals surface area (Å²) in [6, 6.07) is 1.90. The Bertz CT molecular complexity index is 418. The molecule has 0 heterocycles. The van der Waals surface area contributed by atoms with Crippen molar-refractivity contribution >= 4 is 11.6 Å². The SMILES string of the molecule is CC(C)(c1ccc(Cl)cc1O)C(N)C(F)(F)F. The molecule has 6 heteroatoms. The van der Waals surface area contributed by atoms with E-state index in [1.54, 1.807) is 0 Å². The van der Waals surface area contributed by atoms with Crippen LogP contribution in [0.2, 0.25) is 5.02 Å². The van der Waals surface area contributed by atoms with Crippen molar-refractivity contribution in [3.8, 4) is 5.75 Å². The Morgan fingerprint density at radius 2 is 1.82 bits per heavy atom. The van der Waals surface area contributed by atoms with Crippen LogP contribution in [0.4, 0.5) is 13.2 Å². The van der Waals surface area contributed by atoms with Gasteiger partial charge < -0.3 is 10.8 Å². The van der Waals surface area contributed by atoms with E-state index in [0.717, 1.165) is 0 Å². The molecule has 0 aromatic heterocycles.